The van der Waals surface area contributed by atoms with E-state index in [2.05, 4.69) is 33.9 Å². The summed E-state index contributed by atoms with van der Waals surface area (Å²) >= 11 is 0. The highest BCUT2D eigenvalue weighted by molar-refractivity contribution is 5.41. The monoisotopic (exact) mass is 259 g/mol. The minimum atomic E-state index is -0.490. The van der Waals surface area contributed by atoms with Crippen molar-refractivity contribution in [2.45, 2.75) is 44.8 Å². The Balaban J connectivity index is 1.67. The SMILES string of the molecule is Cc1ccc2ncc(CNCC3(O)CCCC3)n2c1. The van der Waals surface area contributed by atoms with Gasteiger partial charge in [0.15, 0.2) is 0 Å². The number of aromatic nitrogens is 2. The van der Waals surface area contributed by atoms with Gasteiger partial charge in [0.25, 0.3) is 0 Å². The summed E-state index contributed by atoms with van der Waals surface area (Å²) in [4.78, 5) is 4.39. The van der Waals surface area contributed by atoms with Crippen LogP contribution in [0.2, 0.25) is 0 Å². The largest absolute Gasteiger partial charge is 0.389 e. The van der Waals surface area contributed by atoms with Crippen LogP contribution in [0.25, 0.3) is 5.65 Å². The number of aliphatic hydroxyl groups is 1. The van der Waals surface area contributed by atoms with Crippen molar-refractivity contribution in [2.24, 2.45) is 0 Å². The molecule has 4 nitrogen and oxygen atoms in total. The van der Waals surface area contributed by atoms with Gasteiger partial charge in [-0.2, -0.15) is 0 Å². The molecule has 1 aliphatic rings. The van der Waals surface area contributed by atoms with E-state index >= 15 is 0 Å². The van der Waals surface area contributed by atoms with Gasteiger partial charge in [-0.25, -0.2) is 4.98 Å². The first kappa shape index (κ1) is 12.6. The molecule has 0 amide bonds. The fraction of sp³-hybridized carbons (Fsp3) is 0.533. The third-order valence-electron chi connectivity index (χ3n) is 4.02. The topological polar surface area (TPSA) is 49.6 Å². The third-order valence-corrected chi connectivity index (χ3v) is 4.02. The lowest BCUT2D eigenvalue weighted by atomic mass is 10.0. The van der Waals surface area contributed by atoms with Crippen molar-refractivity contribution in [3.05, 3.63) is 35.8 Å². The molecule has 0 bridgehead atoms. The van der Waals surface area contributed by atoms with E-state index in [1.54, 1.807) is 0 Å². The number of nitrogens with zero attached hydrogens (tertiary/aromatic N) is 2. The molecule has 4 heteroatoms. The third kappa shape index (κ3) is 2.65. The smallest absolute Gasteiger partial charge is 0.136 e. The second-order valence-corrected chi connectivity index (χ2v) is 5.72. The van der Waals surface area contributed by atoms with Gasteiger partial charge in [-0.15, -0.1) is 0 Å². The van der Waals surface area contributed by atoms with Gasteiger partial charge < -0.3 is 14.8 Å². The molecule has 0 aliphatic heterocycles. The summed E-state index contributed by atoms with van der Waals surface area (Å²) in [6.07, 6.45) is 8.14. The molecule has 0 spiro atoms. The number of nitrogens with one attached hydrogen (secondary N) is 1. The molecule has 0 aromatic carbocycles. The number of pyridine rings is 1. The maximum atomic E-state index is 10.3. The summed E-state index contributed by atoms with van der Waals surface area (Å²) in [6, 6.07) is 4.10. The van der Waals surface area contributed by atoms with Crippen LogP contribution < -0.4 is 5.32 Å². The Hall–Kier alpha value is -1.39. The van der Waals surface area contributed by atoms with E-state index in [0.717, 1.165) is 43.6 Å². The second-order valence-electron chi connectivity index (χ2n) is 5.72. The van der Waals surface area contributed by atoms with Crippen LogP contribution in [0.15, 0.2) is 24.5 Å². The van der Waals surface area contributed by atoms with Crippen LogP contribution >= 0.6 is 0 Å². The minimum Gasteiger partial charge on any atom is -0.389 e. The molecule has 0 atom stereocenters. The number of rotatable bonds is 4. The minimum absolute atomic E-state index is 0.490. The lowest BCUT2D eigenvalue weighted by molar-refractivity contribution is 0.0474. The average Bonchev–Trinajstić information content (AvgIpc) is 2.97. The van der Waals surface area contributed by atoms with Crippen molar-refractivity contribution < 1.29 is 5.11 Å². The highest BCUT2D eigenvalue weighted by Gasteiger charge is 2.30. The van der Waals surface area contributed by atoms with Crippen LogP contribution in [0.3, 0.4) is 0 Å². The Morgan fingerprint density at radius 3 is 2.95 bits per heavy atom. The average molecular weight is 259 g/mol. The Morgan fingerprint density at radius 1 is 1.37 bits per heavy atom. The van der Waals surface area contributed by atoms with Crippen LogP contribution in [-0.2, 0) is 6.54 Å². The number of fused-ring (bicyclic) bond motifs is 1. The standard InChI is InChI=1S/C15H21N3O/c1-12-4-5-14-17-9-13(18(14)10-12)8-16-11-15(19)6-2-3-7-15/h4-5,9-10,16,19H,2-3,6-8,11H2,1H3. The quantitative estimate of drug-likeness (QED) is 0.883. The Kier molecular flexibility index (Phi) is 3.29. The van der Waals surface area contributed by atoms with Crippen molar-refractivity contribution >= 4 is 5.65 Å². The van der Waals surface area contributed by atoms with Crippen molar-refractivity contribution in [3.8, 4) is 0 Å². The van der Waals surface area contributed by atoms with Crippen molar-refractivity contribution in [1.29, 1.82) is 0 Å². The molecule has 1 saturated carbocycles. The lowest BCUT2D eigenvalue weighted by Gasteiger charge is -2.22. The Morgan fingerprint density at radius 2 is 2.16 bits per heavy atom. The summed E-state index contributed by atoms with van der Waals surface area (Å²) in [5.74, 6) is 0. The Bertz CT molecular complexity index is 570. The maximum absolute atomic E-state index is 10.3. The number of aryl methyl sites for hydroxylation is 1. The molecule has 0 radical (unpaired) electrons. The zero-order valence-electron chi connectivity index (χ0n) is 11.4. The molecule has 2 aromatic rings. The van der Waals surface area contributed by atoms with E-state index in [1.165, 1.54) is 5.56 Å². The first-order valence-electron chi connectivity index (χ1n) is 7.02. The van der Waals surface area contributed by atoms with Gasteiger partial charge in [0.2, 0.25) is 0 Å². The lowest BCUT2D eigenvalue weighted by Crippen LogP contribution is -2.37. The number of hydrogen-bond acceptors (Lipinski definition) is 3. The summed E-state index contributed by atoms with van der Waals surface area (Å²) in [6.45, 7) is 3.50. The molecule has 1 fully saturated rings. The molecular weight excluding hydrogens is 238 g/mol. The molecule has 19 heavy (non-hydrogen) atoms. The van der Waals surface area contributed by atoms with Crippen molar-refractivity contribution in [2.75, 3.05) is 6.54 Å². The van der Waals surface area contributed by atoms with Crippen molar-refractivity contribution in [3.63, 3.8) is 0 Å². The van der Waals surface area contributed by atoms with Crippen LogP contribution in [0.4, 0.5) is 0 Å². The normalized spacial score (nSPS) is 18.2. The van der Waals surface area contributed by atoms with E-state index < -0.39 is 5.60 Å². The van der Waals surface area contributed by atoms with Crippen LogP contribution in [0, 0.1) is 6.92 Å². The van der Waals surface area contributed by atoms with Gasteiger partial charge >= 0.3 is 0 Å². The fourth-order valence-corrected chi connectivity index (χ4v) is 2.90. The van der Waals surface area contributed by atoms with Gasteiger partial charge in [-0.05, 0) is 31.4 Å². The summed E-state index contributed by atoms with van der Waals surface area (Å²) in [5, 5.41) is 13.7. The van der Waals surface area contributed by atoms with Gasteiger partial charge in [0, 0.05) is 19.3 Å². The highest BCUT2D eigenvalue weighted by atomic mass is 16.3. The van der Waals surface area contributed by atoms with Gasteiger partial charge in [0.05, 0.1) is 17.5 Å². The second kappa shape index (κ2) is 4.94. The van der Waals surface area contributed by atoms with Crippen LogP contribution in [0.5, 0.6) is 0 Å². The summed E-state index contributed by atoms with van der Waals surface area (Å²) < 4.78 is 2.11. The predicted octanol–water partition coefficient (Wildman–Crippen LogP) is 2.04. The fourth-order valence-electron chi connectivity index (χ4n) is 2.90. The molecule has 2 heterocycles. The van der Waals surface area contributed by atoms with Crippen LogP contribution in [0.1, 0.15) is 36.9 Å². The molecular formula is C15H21N3O. The van der Waals surface area contributed by atoms with Crippen molar-refractivity contribution in [1.82, 2.24) is 14.7 Å². The van der Waals surface area contributed by atoms with Crippen LogP contribution in [-0.4, -0.2) is 26.6 Å². The predicted molar refractivity (Wildman–Crippen MR) is 75.1 cm³/mol. The van der Waals surface area contributed by atoms with Gasteiger partial charge in [-0.1, -0.05) is 18.9 Å². The van der Waals surface area contributed by atoms with Gasteiger partial charge in [0.1, 0.15) is 5.65 Å². The van der Waals surface area contributed by atoms with Gasteiger partial charge in [-0.3, -0.25) is 0 Å². The number of hydrogen-bond donors (Lipinski definition) is 2. The molecule has 102 valence electrons. The summed E-state index contributed by atoms with van der Waals surface area (Å²) in [7, 11) is 0. The highest BCUT2D eigenvalue weighted by Crippen LogP contribution is 2.28. The molecule has 0 unspecified atom stereocenters. The first-order chi connectivity index (χ1) is 9.16. The molecule has 2 N–H and O–H groups in total. The molecule has 3 rings (SSSR count). The molecule has 1 aliphatic carbocycles. The van der Waals surface area contributed by atoms with E-state index in [-0.39, 0.29) is 0 Å². The zero-order chi connectivity index (χ0) is 13.3. The number of imidazole rings is 1. The zero-order valence-corrected chi connectivity index (χ0v) is 11.4. The van der Waals surface area contributed by atoms with E-state index in [9.17, 15) is 5.11 Å². The van der Waals surface area contributed by atoms with E-state index in [1.807, 2.05) is 12.3 Å². The Labute approximate surface area is 113 Å². The summed E-state index contributed by atoms with van der Waals surface area (Å²) in [5.41, 5.74) is 2.85. The maximum Gasteiger partial charge on any atom is 0.136 e. The van der Waals surface area contributed by atoms with E-state index in [0.29, 0.717) is 6.54 Å². The first-order valence-corrected chi connectivity index (χ1v) is 7.02. The molecule has 0 saturated heterocycles. The molecule has 2 aromatic heterocycles. The van der Waals surface area contributed by atoms with E-state index in [4.69, 9.17) is 0 Å².